The zero-order chi connectivity index (χ0) is 14.3. The Morgan fingerprint density at radius 1 is 1.21 bits per heavy atom. The molecule has 0 aromatic heterocycles. The van der Waals surface area contributed by atoms with Crippen molar-refractivity contribution in [3.8, 4) is 0 Å². The van der Waals surface area contributed by atoms with Crippen LogP contribution >= 0.6 is 0 Å². The van der Waals surface area contributed by atoms with E-state index in [9.17, 15) is 8.42 Å². The Labute approximate surface area is 113 Å². The lowest BCUT2D eigenvalue weighted by Gasteiger charge is -2.09. The second-order valence-electron chi connectivity index (χ2n) is 4.08. The summed E-state index contributed by atoms with van der Waals surface area (Å²) in [5, 5.41) is 0. The first kappa shape index (κ1) is 15.9. The molecule has 0 aliphatic rings. The number of hydrogen-bond acceptors (Lipinski definition) is 5. The van der Waals surface area contributed by atoms with Gasteiger partial charge < -0.3 is 15.2 Å². The number of nitrogen functional groups attached to an aromatic ring is 1. The highest BCUT2D eigenvalue weighted by Crippen LogP contribution is 2.15. The van der Waals surface area contributed by atoms with Gasteiger partial charge in [-0.3, -0.25) is 0 Å². The first-order valence-electron chi connectivity index (χ1n) is 5.89. The molecule has 1 aromatic carbocycles. The second-order valence-corrected chi connectivity index (χ2v) is 5.85. The molecule has 0 aliphatic carbocycles. The van der Waals surface area contributed by atoms with Crippen LogP contribution < -0.4 is 10.5 Å². The summed E-state index contributed by atoms with van der Waals surface area (Å²) < 4.78 is 36.4. The maximum absolute atomic E-state index is 12.0. The third-order valence-corrected chi connectivity index (χ3v) is 3.79. The third kappa shape index (κ3) is 5.56. The predicted molar refractivity (Wildman–Crippen MR) is 73.5 cm³/mol. The minimum Gasteiger partial charge on any atom is -0.399 e. The first-order valence-corrected chi connectivity index (χ1v) is 7.37. The molecule has 0 bridgehead atoms. The Morgan fingerprint density at radius 3 is 2.58 bits per heavy atom. The van der Waals surface area contributed by atoms with Crippen LogP contribution in [0.5, 0.6) is 0 Å². The number of anilines is 1. The Bertz CT molecular complexity index is 482. The van der Waals surface area contributed by atoms with Gasteiger partial charge in [-0.15, -0.1) is 0 Å². The Balaban J connectivity index is 2.51. The van der Waals surface area contributed by atoms with Crippen LogP contribution in [0.25, 0.3) is 0 Å². The smallest absolute Gasteiger partial charge is 0.240 e. The summed E-state index contributed by atoms with van der Waals surface area (Å²) in [6.07, 6.45) is 0. The number of benzene rings is 1. The molecule has 0 spiro atoms. The molecule has 3 N–H and O–H groups in total. The molecule has 0 saturated carbocycles. The van der Waals surface area contributed by atoms with Gasteiger partial charge in [0.05, 0.1) is 24.7 Å². The van der Waals surface area contributed by atoms with E-state index in [1.165, 1.54) is 6.07 Å². The molecule has 108 valence electrons. The van der Waals surface area contributed by atoms with Crippen molar-refractivity contribution < 1.29 is 17.9 Å². The highest BCUT2D eigenvalue weighted by molar-refractivity contribution is 7.89. The monoisotopic (exact) mass is 288 g/mol. The summed E-state index contributed by atoms with van der Waals surface area (Å²) in [6, 6.07) is 4.72. The van der Waals surface area contributed by atoms with E-state index in [1.807, 2.05) is 0 Å². The van der Waals surface area contributed by atoms with E-state index in [4.69, 9.17) is 15.2 Å². The number of nitrogens with two attached hydrogens (primary N) is 1. The molecule has 0 unspecified atom stereocenters. The SMILES string of the molecule is COCCOCCNS(=O)(=O)c1cc(C)cc(N)c1. The van der Waals surface area contributed by atoms with Crippen molar-refractivity contribution in [2.24, 2.45) is 0 Å². The number of hydrogen-bond donors (Lipinski definition) is 2. The van der Waals surface area contributed by atoms with Crippen molar-refractivity contribution in [2.45, 2.75) is 11.8 Å². The van der Waals surface area contributed by atoms with Gasteiger partial charge in [0, 0.05) is 19.3 Å². The van der Waals surface area contributed by atoms with Crippen molar-refractivity contribution in [3.05, 3.63) is 23.8 Å². The standard InChI is InChI=1S/C12H20N2O4S/c1-10-7-11(13)9-12(8-10)19(15,16)14-3-4-18-6-5-17-2/h7-9,14H,3-6,13H2,1-2H3. The molecule has 0 heterocycles. The van der Waals surface area contributed by atoms with Crippen molar-refractivity contribution >= 4 is 15.7 Å². The number of methoxy groups -OCH3 is 1. The summed E-state index contributed by atoms with van der Waals surface area (Å²) in [4.78, 5) is 0.168. The fraction of sp³-hybridized carbons (Fsp3) is 0.500. The second kappa shape index (κ2) is 7.44. The van der Waals surface area contributed by atoms with Gasteiger partial charge in [0.2, 0.25) is 10.0 Å². The number of rotatable bonds is 8. The van der Waals surface area contributed by atoms with Gasteiger partial charge in [0.25, 0.3) is 0 Å². The molecular weight excluding hydrogens is 268 g/mol. The van der Waals surface area contributed by atoms with Crippen molar-refractivity contribution in [2.75, 3.05) is 39.2 Å². The van der Waals surface area contributed by atoms with Crippen LogP contribution in [0, 0.1) is 6.92 Å². The number of ether oxygens (including phenoxy) is 2. The Kier molecular flexibility index (Phi) is 6.23. The van der Waals surface area contributed by atoms with Gasteiger partial charge in [0.1, 0.15) is 0 Å². The minimum atomic E-state index is -3.54. The Morgan fingerprint density at radius 2 is 1.95 bits per heavy atom. The first-order chi connectivity index (χ1) is 8.95. The van der Waals surface area contributed by atoms with E-state index in [-0.39, 0.29) is 11.4 Å². The van der Waals surface area contributed by atoms with Crippen LogP contribution in [-0.4, -0.2) is 41.9 Å². The summed E-state index contributed by atoms with van der Waals surface area (Å²) in [5.41, 5.74) is 6.87. The van der Waals surface area contributed by atoms with E-state index < -0.39 is 10.0 Å². The number of nitrogens with one attached hydrogen (secondary N) is 1. The van der Waals surface area contributed by atoms with E-state index >= 15 is 0 Å². The van der Waals surface area contributed by atoms with Crippen LogP contribution in [0.3, 0.4) is 0 Å². The molecule has 0 aliphatic heterocycles. The molecule has 0 radical (unpaired) electrons. The van der Waals surface area contributed by atoms with Crippen LogP contribution in [0.2, 0.25) is 0 Å². The average molecular weight is 288 g/mol. The summed E-state index contributed by atoms with van der Waals surface area (Å²) in [6.45, 7) is 3.23. The molecule has 19 heavy (non-hydrogen) atoms. The van der Waals surface area contributed by atoms with Gasteiger partial charge in [0.15, 0.2) is 0 Å². The van der Waals surface area contributed by atoms with E-state index in [0.29, 0.717) is 25.5 Å². The van der Waals surface area contributed by atoms with Crippen molar-refractivity contribution in [3.63, 3.8) is 0 Å². The molecule has 0 saturated heterocycles. The topological polar surface area (TPSA) is 90.6 Å². The molecule has 0 amide bonds. The van der Waals surface area contributed by atoms with Gasteiger partial charge in [-0.2, -0.15) is 0 Å². The fourth-order valence-corrected chi connectivity index (χ4v) is 2.66. The lowest BCUT2D eigenvalue weighted by atomic mass is 10.2. The summed E-state index contributed by atoms with van der Waals surface area (Å²) in [5.74, 6) is 0. The molecule has 1 aromatic rings. The quantitative estimate of drug-likeness (QED) is 0.537. The van der Waals surface area contributed by atoms with Crippen LogP contribution in [0.1, 0.15) is 5.56 Å². The average Bonchev–Trinajstić information content (AvgIpc) is 2.32. The normalized spacial score (nSPS) is 11.7. The zero-order valence-corrected chi connectivity index (χ0v) is 12.0. The van der Waals surface area contributed by atoms with E-state index in [2.05, 4.69) is 4.72 Å². The maximum Gasteiger partial charge on any atom is 0.240 e. The minimum absolute atomic E-state index is 0.168. The predicted octanol–water partition coefficient (Wildman–Crippen LogP) is 0.519. The number of sulfonamides is 1. The summed E-state index contributed by atoms with van der Waals surface area (Å²) in [7, 11) is -1.96. The molecule has 7 heteroatoms. The fourth-order valence-electron chi connectivity index (χ4n) is 1.51. The highest BCUT2D eigenvalue weighted by Gasteiger charge is 2.14. The largest absolute Gasteiger partial charge is 0.399 e. The Hall–Kier alpha value is -1.15. The lowest BCUT2D eigenvalue weighted by Crippen LogP contribution is -2.28. The lowest BCUT2D eigenvalue weighted by molar-refractivity contribution is 0.0736. The molecular formula is C12H20N2O4S. The van der Waals surface area contributed by atoms with Crippen molar-refractivity contribution in [1.82, 2.24) is 4.72 Å². The van der Waals surface area contributed by atoms with E-state index in [0.717, 1.165) is 5.56 Å². The van der Waals surface area contributed by atoms with E-state index in [1.54, 1.807) is 26.2 Å². The summed E-state index contributed by atoms with van der Waals surface area (Å²) >= 11 is 0. The van der Waals surface area contributed by atoms with Crippen molar-refractivity contribution in [1.29, 1.82) is 0 Å². The number of aryl methyl sites for hydroxylation is 1. The molecule has 1 rings (SSSR count). The molecule has 6 nitrogen and oxygen atoms in total. The van der Waals surface area contributed by atoms with Crippen LogP contribution in [-0.2, 0) is 19.5 Å². The molecule has 0 atom stereocenters. The van der Waals surface area contributed by atoms with Crippen LogP contribution in [0.4, 0.5) is 5.69 Å². The van der Waals surface area contributed by atoms with Gasteiger partial charge in [-0.1, -0.05) is 0 Å². The van der Waals surface area contributed by atoms with Gasteiger partial charge in [-0.25, -0.2) is 13.1 Å². The van der Waals surface area contributed by atoms with Gasteiger partial charge in [-0.05, 0) is 30.7 Å². The maximum atomic E-state index is 12.0. The van der Waals surface area contributed by atoms with Crippen LogP contribution in [0.15, 0.2) is 23.1 Å². The highest BCUT2D eigenvalue weighted by atomic mass is 32.2. The third-order valence-electron chi connectivity index (χ3n) is 2.35. The van der Waals surface area contributed by atoms with Gasteiger partial charge >= 0.3 is 0 Å². The molecule has 0 fully saturated rings. The zero-order valence-electron chi connectivity index (χ0n) is 11.2.